The van der Waals surface area contributed by atoms with Crippen LogP contribution in [0, 0.1) is 0 Å². The molecule has 0 aliphatic rings. The summed E-state index contributed by atoms with van der Waals surface area (Å²) in [5, 5.41) is 12.6. The number of aromatic hydroxyl groups is 1. The van der Waals surface area contributed by atoms with Crippen molar-refractivity contribution in [1.29, 1.82) is 0 Å². The molecule has 1 amide bonds. The van der Waals surface area contributed by atoms with Gasteiger partial charge >= 0.3 is 0 Å². The Morgan fingerprint density at radius 1 is 1.53 bits per heavy atom. The Morgan fingerprint density at radius 2 is 2.27 bits per heavy atom. The van der Waals surface area contributed by atoms with Gasteiger partial charge in [-0.25, -0.2) is 0 Å². The monoisotopic (exact) mass is 227 g/mol. The van der Waals surface area contributed by atoms with Crippen molar-refractivity contribution in [1.82, 2.24) is 5.32 Å². The quantitative estimate of drug-likeness (QED) is 0.777. The largest absolute Gasteiger partial charge is 0.507 e. The minimum Gasteiger partial charge on any atom is -0.507 e. The third-order valence-corrected chi connectivity index (χ3v) is 2.26. The van der Waals surface area contributed by atoms with E-state index in [2.05, 4.69) is 5.32 Å². The van der Waals surface area contributed by atoms with Crippen LogP contribution in [-0.4, -0.2) is 17.6 Å². The molecule has 0 saturated carbocycles. The highest BCUT2D eigenvalue weighted by Gasteiger charge is 2.10. The number of unbranched alkanes of at least 4 members (excludes halogenated alkanes) is 1. The van der Waals surface area contributed by atoms with Crippen molar-refractivity contribution in [2.45, 2.75) is 19.8 Å². The highest BCUT2D eigenvalue weighted by atomic mass is 35.5. The zero-order chi connectivity index (χ0) is 11.3. The van der Waals surface area contributed by atoms with Gasteiger partial charge in [0.05, 0.1) is 5.56 Å². The first-order valence-corrected chi connectivity index (χ1v) is 5.29. The van der Waals surface area contributed by atoms with Gasteiger partial charge in [-0.3, -0.25) is 4.79 Å². The third-order valence-electron chi connectivity index (χ3n) is 2.02. The molecule has 0 unspecified atom stereocenters. The number of hydrogen-bond acceptors (Lipinski definition) is 2. The van der Waals surface area contributed by atoms with Crippen LogP contribution in [-0.2, 0) is 0 Å². The second-order valence-electron chi connectivity index (χ2n) is 3.27. The smallest absolute Gasteiger partial charge is 0.255 e. The van der Waals surface area contributed by atoms with Crippen LogP contribution >= 0.6 is 11.6 Å². The highest BCUT2D eigenvalue weighted by Crippen LogP contribution is 2.21. The fourth-order valence-electron chi connectivity index (χ4n) is 1.17. The molecule has 1 aromatic rings. The summed E-state index contributed by atoms with van der Waals surface area (Å²) in [5.74, 6) is -0.353. The zero-order valence-corrected chi connectivity index (χ0v) is 9.34. The molecule has 0 radical (unpaired) electrons. The van der Waals surface area contributed by atoms with E-state index in [0.29, 0.717) is 11.6 Å². The molecule has 1 aromatic carbocycles. The van der Waals surface area contributed by atoms with Crippen LogP contribution in [0.15, 0.2) is 18.2 Å². The molecular formula is C11H14ClNO2. The van der Waals surface area contributed by atoms with Crippen molar-refractivity contribution < 1.29 is 9.90 Å². The van der Waals surface area contributed by atoms with Crippen LogP contribution in [0.5, 0.6) is 5.75 Å². The number of carbonyl (C=O) groups excluding carboxylic acids is 1. The average molecular weight is 228 g/mol. The van der Waals surface area contributed by atoms with Gasteiger partial charge in [0.15, 0.2) is 0 Å². The molecule has 3 nitrogen and oxygen atoms in total. The van der Waals surface area contributed by atoms with E-state index in [-0.39, 0.29) is 17.2 Å². The second kappa shape index (κ2) is 5.61. The first kappa shape index (κ1) is 11.9. The maximum atomic E-state index is 11.5. The first-order chi connectivity index (χ1) is 7.15. The van der Waals surface area contributed by atoms with E-state index in [4.69, 9.17) is 11.6 Å². The fraction of sp³-hybridized carbons (Fsp3) is 0.364. The molecule has 0 fully saturated rings. The van der Waals surface area contributed by atoms with Crippen LogP contribution < -0.4 is 5.32 Å². The summed E-state index contributed by atoms with van der Waals surface area (Å²) in [6.45, 7) is 2.67. The summed E-state index contributed by atoms with van der Waals surface area (Å²) in [7, 11) is 0. The number of phenolic OH excluding ortho intramolecular Hbond substituents is 1. The molecule has 0 atom stereocenters. The SMILES string of the molecule is CCCCNC(=O)c1ccc(Cl)cc1O. The molecule has 0 aliphatic carbocycles. The number of amides is 1. The van der Waals surface area contributed by atoms with Gasteiger partial charge < -0.3 is 10.4 Å². The number of nitrogens with one attached hydrogen (secondary N) is 1. The number of carbonyl (C=O) groups is 1. The van der Waals surface area contributed by atoms with Gasteiger partial charge in [0.2, 0.25) is 0 Å². The second-order valence-corrected chi connectivity index (χ2v) is 3.71. The average Bonchev–Trinajstić information content (AvgIpc) is 2.17. The van der Waals surface area contributed by atoms with E-state index in [1.54, 1.807) is 6.07 Å². The lowest BCUT2D eigenvalue weighted by Crippen LogP contribution is -2.24. The van der Waals surface area contributed by atoms with Crippen LogP contribution in [0.25, 0.3) is 0 Å². The lowest BCUT2D eigenvalue weighted by Gasteiger charge is -2.06. The molecule has 0 saturated heterocycles. The van der Waals surface area contributed by atoms with Gasteiger partial charge in [-0.05, 0) is 24.6 Å². The van der Waals surface area contributed by atoms with Gasteiger partial charge in [-0.2, -0.15) is 0 Å². The predicted molar refractivity (Wildman–Crippen MR) is 60.4 cm³/mol. The lowest BCUT2D eigenvalue weighted by atomic mass is 10.2. The summed E-state index contributed by atoms with van der Waals surface area (Å²) in [4.78, 5) is 11.5. The Bertz CT molecular complexity index is 352. The van der Waals surface area contributed by atoms with E-state index in [9.17, 15) is 9.90 Å². The summed E-state index contributed by atoms with van der Waals surface area (Å²) < 4.78 is 0. The molecule has 4 heteroatoms. The molecule has 0 spiro atoms. The number of hydrogen-bond donors (Lipinski definition) is 2. The molecule has 0 bridgehead atoms. The molecule has 82 valence electrons. The molecule has 0 aromatic heterocycles. The topological polar surface area (TPSA) is 49.3 Å². The third kappa shape index (κ3) is 3.44. The van der Waals surface area contributed by atoms with Crippen LogP contribution in [0.1, 0.15) is 30.1 Å². The van der Waals surface area contributed by atoms with Gasteiger partial charge in [0.25, 0.3) is 5.91 Å². The summed E-state index contributed by atoms with van der Waals surface area (Å²) in [6.07, 6.45) is 1.95. The van der Waals surface area contributed by atoms with Crippen molar-refractivity contribution in [2.75, 3.05) is 6.54 Å². The minimum absolute atomic E-state index is 0.0866. The van der Waals surface area contributed by atoms with Crippen molar-refractivity contribution in [3.8, 4) is 5.75 Å². The predicted octanol–water partition coefficient (Wildman–Crippen LogP) is 2.58. The number of phenols is 1. The maximum absolute atomic E-state index is 11.5. The first-order valence-electron chi connectivity index (χ1n) is 4.92. The van der Waals surface area contributed by atoms with E-state index < -0.39 is 0 Å². The van der Waals surface area contributed by atoms with Crippen LogP contribution in [0.3, 0.4) is 0 Å². The number of benzene rings is 1. The van der Waals surface area contributed by atoms with Crippen molar-refractivity contribution >= 4 is 17.5 Å². The number of rotatable bonds is 4. The molecule has 0 heterocycles. The normalized spacial score (nSPS) is 10.0. The number of halogens is 1. The Morgan fingerprint density at radius 3 is 2.87 bits per heavy atom. The summed E-state index contributed by atoms with van der Waals surface area (Å²) in [5.41, 5.74) is 0.260. The van der Waals surface area contributed by atoms with Crippen LogP contribution in [0.4, 0.5) is 0 Å². The van der Waals surface area contributed by atoms with E-state index in [0.717, 1.165) is 12.8 Å². The van der Waals surface area contributed by atoms with Crippen LogP contribution in [0.2, 0.25) is 5.02 Å². The van der Waals surface area contributed by atoms with E-state index in [1.807, 2.05) is 6.92 Å². The molecule has 0 aliphatic heterocycles. The Labute approximate surface area is 94.1 Å². The molecule has 1 rings (SSSR count). The maximum Gasteiger partial charge on any atom is 0.255 e. The molecule has 15 heavy (non-hydrogen) atoms. The standard InChI is InChI=1S/C11H14ClNO2/c1-2-3-6-13-11(15)9-5-4-8(12)7-10(9)14/h4-5,7,14H,2-3,6H2,1H3,(H,13,15). The van der Waals surface area contributed by atoms with E-state index >= 15 is 0 Å². The zero-order valence-electron chi connectivity index (χ0n) is 8.59. The Balaban J connectivity index is 2.65. The summed E-state index contributed by atoms with van der Waals surface area (Å²) in [6, 6.07) is 4.45. The molecule has 2 N–H and O–H groups in total. The summed E-state index contributed by atoms with van der Waals surface area (Å²) >= 11 is 5.66. The van der Waals surface area contributed by atoms with Gasteiger partial charge in [0, 0.05) is 11.6 Å². The van der Waals surface area contributed by atoms with Gasteiger partial charge in [-0.15, -0.1) is 0 Å². The Hall–Kier alpha value is -1.22. The fourth-order valence-corrected chi connectivity index (χ4v) is 1.34. The van der Waals surface area contributed by atoms with Gasteiger partial charge in [-0.1, -0.05) is 24.9 Å². The minimum atomic E-state index is -0.266. The molecular weight excluding hydrogens is 214 g/mol. The van der Waals surface area contributed by atoms with Crippen molar-refractivity contribution in [2.24, 2.45) is 0 Å². The van der Waals surface area contributed by atoms with E-state index in [1.165, 1.54) is 12.1 Å². The Kier molecular flexibility index (Phi) is 4.43. The van der Waals surface area contributed by atoms with Gasteiger partial charge in [0.1, 0.15) is 5.75 Å². The van der Waals surface area contributed by atoms with Crippen molar-refractivity contribution in [3.63, 3.8) is 0 Å². The van der Waals surface area contributed by atoms with Crippen molar-refractivity contribution in [3.05, 3.63) is 28.8 Å². The highest BCUT2D eigenvalue weighted by molar-refractivity contribution is 6.30. The lowest BCUT2D eigenvalue weighted by molar-refractivity contribution is 0.0950.